The minimum absolute atomic E-state index is 0.0106. The number of carbonyl (C=O) groups is 2. The Labute approximate surface area is 218 Å². The van der Waals surface area contributed by atoms with Gasteiger partial charge in [0.2, 0.25) is 5.91 Å². The van der Waals surface area contributed by atoms with Crippen LogP contribution in [0.5, 0.6) is 5.75 Å². The summed E-state index contributed by atoms with van der Waals surface area (Å²) in [4.78, 5) is 29.7. The molecule has 2 amide bonds. The fourth-order valence-electron chi connectivity index (χ4n) is 6.14. The number of rotatable bonds is 5. The molecule has 0 fully saturated rings. The van der Waals surface area contributed by atoms with Gasteiger partial charge in [0.1, 0.15) is 5.75 Å². The highest BCUT2D eigenvalue weighted by atomic mass is 19.3. The van der Waals surface area contributed by atoms with E-state index in [1.807, 2.05) is 32.2 Å². The Bertz CT molecular complexity index is 1510. The summed E-state index contributed by atoms with van der Waals surface area (Å²) in [7, 11) is 1.72. The van der Waals surface area contributed by atoms with Gasteiger partial charge >= 0.3 is 6.61 Å². The van der Waals surface area contributed by atoms with E-state index in [1.54, 1.807) is 39.6 Å². The van der Waals surface area contributed by atoms with Crippen LogP contribution in [0.15, 0.2) is 42.6 Å². The Morgan fingerprint density at radius 1 is 1.21 bits per heavy atom. The van der Waals surface area contributed by atoms with Crippen molar-refractivity contribution in [1.29, 1.82) is 0 Å². The molecule has 2 atom stereocenters. The van der Waals surface area contributed by atoms with Crippen LogP contribution in [-0.2, 0) is 4.79 Å². The van der Waals surface area contributed by atoms with Crippen LogP contribution in [0.4, 0.5) is 8.78 Å². The zero-order valence-corrected chi connectivity index (χ0v) is 21.4. The van der Waals surface area contributed by atoms with Crippen molar-refractivity contribution in [3.8, 4) is 5.75 Å². The summed E-state index contributed by atoms with van der Waals surface area (Å²) < 4.78 is 33.3. The SMILES string of the molecule is CN1C(=O)c2cccc(OC(F)F)c2C2CC1c1nn3ccc(C4=CC(=O)N(C(C)(C)CN)CC4)cc3c12. The van der Waals surface area contributed by atoms with Crippen molar-refractivity contribution in [1.82, 2.24) is 19.4 Å². The Balaban J connectivity index is 1.47. The van der Waals surface area contributed by atoms with E-state index < -0.39 is 12.2 Å². The zero-order chi connectivity index (χ0) is 26.9. The highest BCUT2D eigenvalue weighted by Gasteiger charge is 2.46. The van der Waals surface area contributed by atoms with Gasteiger partial charge in [-0.25, -0.2) is 4.52 Å². The van der Waals surface area contributed by atoms with Crippen LogP contribution in [0.3, 0.4) is 0 Å². The summed E-state index contributed by atoms with van der Waals surface area (Å²) in [5, 5.41) is 4.81. The summed E-state index contributed by atoms with van der Waals surface area (Å²) in [5.41, 5.74) is 10.6. The molecule has 198 valence electrons. The summed E-state index contributed by atoms with van der Waals surface area (Å²) in [6.07, 6.45) is 4.73. The average Bonchev–Trinajstić information content (AvgIpc) is 3.41. The molecule has 10 heteroatoms. The fraction of sp³-hybridized carbons (Fsp3) is 0.393. The predicted octanol–water partition coefficient (Wildman–Crippen LogP) is 3.95. The monoisotopic (exact) mass is 521 g/mol. The number of hydrogen-bond acceptors (Lipinski definition) is 5. The third-order valence-electron chi connectivity index (χ3n) is 8.24. The second-order valence-electron chi connectivity index (χ2n) is 10.8. The molecule has 2 N–H and O–H groups in total. The molecule has 2 aliphatic heterocycles. The standard InChI is InChI=1S/C28H29F2N5O3/c1-28(2,14-31)34-9-7-16(12-22(34)36)15-8-10-35-19(11-15)24-18-13-20(25(24)32-35)33(3)26(37)17-5-4-6-21(23(17)18)38-27(29)30/h4-6,8,10-12,18,20,27H,7,9,13-14,31H2,1-3H3. The molecule has 0 spiro atoms. The van der Waals surface area contributed by atoms with Gasteiger partial charge in [0.15, 0.2) is 0 Å². The van der Waals surface area contributed by atoms with Gasteiger partial charge in [-0.1, -0.05) is 6.07 Å². The van der Waals surface area contributed by atoms with E-state index in [-0.39, 0.29) is 29.5 Å². The van der Waals surface area contributed by atoms with Crippen LogP contribution >= 0.6 is 0 Å². The lowest BCUT2D eigenvalue weighted by atomic mass is 9.88. The molecule has 0 radical (unpaired) electrons. The number of carbonyl (C=O) groups excluding carboxylic acids is 2. The lowest BCUT2D eigenvalue weighted by Gasteiger charge is -2.39. The Morgan fingerprint density at radius 2 is 2.00 bits per heavy atom. The molecule has 4 heterocycles. The third-order valence-corrected chi connectivity index (χ3v) is 8.24. The number of pyridine rings is 1. The first kappa shape index (κ1) is 24.5. The number of benzene rings is 1. The minimum Gasteiger partial charge on any atom is -0.434 e. The van der Waals surface area contributed by atoms with Crippen LogP contribution < -0.4 is 10.5 Å². The van der Waals surface area contributed by atoms with Crippen molar-refractivity contribution >= 4 is 22.9 Å². The maximum Gasteiger partial charge on any atom is 0.387 e. The number of fused-ring (bicyclic) bond motifs is 9. The number of alkyl halides is 2. The smallest absolute Gasteiger partial charge is 0.387 e. The molecule has 3 aliphatic rings. The zero-order valence-electron chi connectivity index (χ0n) is 21.4. The minimum atomic E-state index is -3.01. The molecule has 2 aromatic heterocycles. The highest BCUT2D eigenvalue weighted by molar-refractivity contribution is 5.99. The second-order valence-corrected chi connectivity index (χ2v) is 10.8. The van der Waals surface area contributed by atoms with E-state index in [4.69, 9.17) is 15.6 Å². The van der Waals surface area contributed by atoms with E-state index >= 15 is 0 Å². The first-order valence-corrected chi connectivity index (χ1v) is 12.7. The Kier molecular flexibility index (Phi) is 5.57. The van der Waals surface area contributed by atoms with Crippen LogP contribution in [0.2, 0.25) is 0 Å². The molecule has 38 heavy (non-hydrogen) atoms. The molecule has 0 saturated heterocycles. The topological polar surface area (TPSA) is 93.2 Å². The number of nitrogens with two attached hydrogens (primary N) is 1. The van der Waals surface area contributed by atoms with Gasteiger partial charge in [0.25, 0.3) is 5.91 Å². The highest BCUT2D eigenvalue weighted by Crippen LogP contribution is 2.53. The summed E-state index contributed by atoms with van der Waals surface area (Å²) in [6, 6.07) is 8.36. The van der Waals surface area contributed by atoms with E-state index in [2.05, 4.69) is 0 Å². The third kappa shape index (κ3) is 3.61. The van der Waals surface area contributed by atoms with Crippen LogP contribution in [0, 0.1) is 0 Å². The van der Waals surface area contributed by atoms with Crippen molar-refractivity contribution in [2.45, 2.75) is 50.8 Å². The fourth-order valence-corrected chi connectivity index (χ4v) is 6.14. The van der Waals surface area contributed by atoms with Gasteiger partial charge in [-0.15, -0.1) is 0 Å². The Morgan fingerprint density at radius 3 is 2.71 bits per heavy atom. The van der Waals surface area contributed by atoms with Crippen LogP contribution in [0.25, 0.3) is 11.1 Å². The van der Waals surface area contributed by atoms with Crippen molar-refractivity contribution in [2.24, 2.45) is 5.73 Å². The van der Waals surface area contributed by atoms with Crippen LogP contribution in [0.1, 0.15) is 71.4 Å². The van der Waals surface area contributed by atoms with Gasteiger partial charge in [-0.05, 0) is 62.1 Å². The van der Waals surface area contributed by atoms with Gasteiger partial charge in [0, 0.05) is 60.6 Å². The molecule has 0 saturated carbocycles. The molecule has 2 unspecified atom stereocenters. The van der Waals surface area contributed by atoms with Gasteiger partial charge in [-0.2, -0.15) is 13.9 Å². The lowest BCUT2D eigenvalue weighted by Crippen LogP contribution is -2.53. The van der Waals surface area contributed by atoms with Crippen molar-refractivity contribution in [3.63, 3.8) is 0 Å². The molecule has 1 aromatic carbocycles. The molecule has 6 rings (SSSR count). The quantitative estimate of drug-likeness (QED) is 0.549. The molecule has 8 nitrogen and oxygen atoms in total. The average molecular weight is 522 g/mol. The number of ether oxygens (including phenoxy) is 1. The largest absolute Gasteiger partial charge is 0.434 e. The number of nitrogens with zero attached hydrogens (tertiary/aromatic N) is 4. The molecule has 1 aliphatic carbocycles. The molecule has 2 bridgehead atoms. The van der Waals surface area contributed by atoms with Gasteiger partial charge in [0.05, 0.1) is 17.3 Å². The van der Waals surface area contributed by atoms with E-state index in [1.165, 1.54) is 6.07 Å². The maximum atomic E-state index is 13.3. The number of halogens is 2. The first-order chi connectivity index (χ1) is 18.1. The number of hydrogen-bond donors (Lipinski definition) is 1. The molecular weight excluding hydrogens is 492 g/mol. The predicted molar refractivity (Wildman–Crippen MR) is 137 cm³/mol. The summed E-state index contributed by atoms with van der Waals surface area (Å²) in [6.45, 7) is 1.84. The second kappa shape index (κ2) is 8.62. The summed E-state index contributed by atoms with van der Waals surface area (Å²) in [5.74, 6) is -0.650. The van der Waals surface area contributed by atoms with Crippen LogP contribution in [-0.4, -0.2) is 63.5 Å². The Hall–Kier alpha value is -3.79. The lowest BCUT2D eigenvalue weighted by molar-refractivity contribution is -0.131. The number of amides is 2. The summed E-state index contributed by atoms with van der Waals surface area (Å²) >= 11 is 0. The maximum absolute atomic E-state index is 13.3. The van der Waals surface area contributed by atoms with Gasteiger partial charge < -0.3 is 20.3 Å². The molecular formula is C28H29F2N5O3. The van der Waals surface area contributed by atoms with Gasteiger partial charge in [-0.3, -0.25) is 9.59 Å². The first-order valence-electron chi connectivity index (χ1n) is 12.7. The molecule has 3 aromatic rings. The van der Waals surface area contributed by atoms with Crippen molar-refractivity contribution in [2.75, 3.05) is 20.1 Å². The number of aromatic nitrogens is 2. The normalized spacial score (nSPS) is 21.1. The van der Waals surface area contributed by atoms with Crippen molar-refractivity contribution < 1.29 is 23.1 Å². The van der Waals surface area contributed by atoms with E-state index in [0.29, 0.717) is 37.1 Å². The van der Waals surface area contributed by atoms with E-state index in [9.17, 15) is 18.4 Å². The van der Waals surface area contributed by atoms with Crippen molar-refractivity contribution in [3.05, 3.63) is 70.6 Å². The van der Waals surface area contributed by atoms with E-state index in [0.717, 1.165) is 27.9 Å².